The molecule has 5 nitrogen and oxygen atoms in total. The molecule has 0 saturated carbocycles. The zero-order valence-corrected chi connectivity index (χ0v) is 17.5. The van der Waals surface area contributed by atoms with E-state index in [1.54, 1.807) is 36.3 Å². The van der Waals surface area contributed by atoms with Crippen molar-refractivity contribution in [2.24, 2.45) is 0 Å². The van der Waals surface area contributed by atoms with E-state index >= 15 is 0 Å². The summed E-state index contributed by atoms with van der Waals surface area (Å²) < 4.78 is 24.9. The number of hydrogen-bond donors (Lipinski definition) is 0. The average Bonchev–Trinajstić information content (AvgIpc) is 2.71. The number of rotatable bonds is 10. The molecular formula is C23H29FN2O3. The minimum absolute atomic E-state index is 0.178. The third kappa shape index (κ3) is 6.91. The standard InChI is InChI=1S/C23H29FN2O3/c1-5-29-21-12-10-18(16-22(21)28-4)11-13-23(27)26(15-14-25(2)3)17-19-8-6-7-9-20(19)24/h6-13,16H,5,14-15,17H2,1-4H3/b13-11+. The molecule has 0 saturated heterocycles. The highest BCUT2D eigenvalue weighted by atomic mass is 19.1. The summed E-state index contributed by atoms with van der Waals surface area (Å²) in [5.74, 6) is 0.779. The Kier molecular flexibility index (Phi) is 8.68. The van der Waals surface area contributed by atoms with E-state index in [1.165, 1.54) is 12.1 Å². The lowest BCUT2D eigenvalue weighted by Crippen LogP contribution is -2.35. The van der Waals surface area contributed by atoms with E-state index < -0.39 is 0 Å². The first kappa shape index (κ1) is 22.4. The van der Waals surface area contributed by atoms with Crippen molar-refractivity contribution in [3.63, 3.8) is 0 Å². The van der Waals surface area contributed by atoms with E-state index in [2.05, 4.69) is 0 Å². The van der Waals surface area contributed by atoms with E-state index in [0.29, 0.717) is 36.8 Å². The van der Waals surface area contributed by atoms with Gasteiger partial charge in [-0.1, -0.05) is 24.3 Å². The second-order valence-corrected chi connectivity index (χ2v) is 6.83. The first-order valence-corrected chi connectivity index (χ1v) is 9.60. The molecule has 2 rings (SSSR count). The third-order valence-corrected chi connectivity index (χ3v) is 4.35. The van der Waals surface area contributed by atoms with Crippen molar-refractivity contribution in [1.29, 1.82) is 0 Å². The van der Waals surface area contributed by atoms with E-state index in [4.69, 9.17) is 9.47 Å². The zero-order chi connectivity index (χ0) is 21.2. The Labute approximate surface area is 172 Å². The van der Waals surface area contributed by atoms with Gasteiger partial charge in [0.15, 0.2) is 11.5 Å². The number of carbonyl (C=O) groups is 1. The van der Waals surface area contributed by atoms with E-state index in [-0.39, 0.29) is 18.3 Å². The fourth-order valence-electron chi connectivity index (χ4n) is 2.76. The number of nitrogens with zero attached hydrogens (tertiary/aromatic N) is 2. The van der Waals surface area contributed by atoms with Gasteiger partial charge in [0.1, 0.15) is 5.82 Å². The molecule has 1 amide bonds. The second-order valence-electron chi connectivity index (χ2n) is 6.83. The van der Waals surface area contributed by atoms with Gasteiger partial charge in [-0.2, -0.15) is 0 Å². The van der Waals surface area contributed by atoms with Crippen molar-refractivity contribution < 1.29 is 18.7 Å². The Bertz CT molecular complexity index is 837. The van der Waals surface area contributed by atoms with Crippen LogP contribution in [0, 0.1) is 5.82 Å². The van der Waals surface area contributed by atoms with Gasteiger partial charge in [-0.25, -0.2) is 4.39 Å². The Morgan fingerprint density at radius 1 is 1.10 bits per heavy atom. The van der Waals surface area contributed by atoms with Crippen LogP contribution >= 0.6 is 0 Å². The molecule has 0 aliphatic rings. The van der Waals surface area contributed by atoms with Crippen LogP contribution in [0.25, 0.3) is 6.08 Å². The summed E-state index contributed by atoms with van der Waals surface area (Å²) in [4.78, 5) is 16.4. The van der Waals surface area contributed by atoms with Crippen molar-refractivity contribution in [2.45, 2.75) is 13.5 Å². The average molecular weight is 400 g/mol. The number of amides is 1. The number of halogens is 1. The van der Waals surface area contributed by atoms with Crippen LogP contribution in [0.4, 0.5) is 4.39 Å². The number of ether oxygens (including phenoxy) is 2. The lowest BCUT2D eigenvalue weighted by atomic mass is 10.1. The number of benzene rings is 2. The predicted octanol–water partition coefficient (Wildman–Crippen LogP) is 3.84. The van der Waals surface area contributed by atoms with Gasteiger partial charge >= 0.3 is 0 Å². The Balaban J connectivity index is 2.16. The molecule has 156 valence electrons. The molecule has 0 fully saturated rings. The van der Waals surface area contributed by atoms with Gasteiger partial charge in [0.25, 0.3) is 0 Å². The SMILES string of the molecule is CCOc1ccc(/C=C/C(=O)N(CCN(C)C)Cc2ccccc2F)cc1OC. The minimum atomic E-state index is -0.310. The van der Waals surface area contributed by atoms with Crippen molar-refractivity contribution in [3.8, 4) is 11.5 Å². The van der Waals surface area contributed by atoms with Crippen LogP contribution in [-0.4, -0.2) is 56.6 Å². The van der Waals surface area contributed by atoms with E-state index in [9.17, 15) is 9.18 Å². The van der Waals surface area contributed by atoms with E-state index in [0.717, 1.165) is 5.56 Å². The van der Waals surface area contributed by atoms with Gasteiger partial charge in [-0.15, -0.1) is 0 Å². The molecular weight excluding hydrogens is 371 g/mol. The molecule has 0 aliphatic carbocycles. The molecule has 0 heterocycles. The fourth-order valence-corrected chi connectivity index (χ4v) is 2.76. The first-order valence-electron chi connectivity index (χ1n) is 9.60. The van der Waals surface area contributed by atoms with Gasteiger partial charge < -0.3 is 19.3 Å². The van der Waals surface area contributed by atoms with Gasteiger partial charge in [0, 0.05) is 31.3 Å². The normalized spacial score (nSPS) is 11.1. The summed E-state index contributed by atoms with van der Waals surface area (Å²) in [6.45, 7) is 3.85. The molecule has 0 unspecified atom stereocenters. The van der Waals surface area contributed by atoms with Crippen molar-refractivity contribution >= 4 is 12.0 Å². The summed E-state index contributed by atoms with van der Waals surface area (Å²) in [6, 6.07) is 12.0. The molecule has 2 aromatic carbocycles. The minimum Gasteiger partial charge on any atom is -0.493 e. The van der Waals surface area contributed by atoms with Crippen LogP contribution in [0.3, 0.4) is 0 Å². The molecule has 0 N–H and O–H groups in total. The molecule has 29 heavy (non-hydrogen) atoms. The highest BCUT2D eigenvalue weighted by molar-refractivity contribution is 5.91. The lowest BCUT2D eigenvalue weighted by molar-refractivity contribution is -0.126. The number of likely N-dealkylation sites (N-methyl/N-ethyl adjacent to an activating group) is 1. The Morgan fingerprint density at radius 3 is 2.52 bits per heavy atom. The first-order chi connectivity index (χ1) is 13.9. The summed E-state index contributed by atoms with van der Waals surface area (Å²) in [5.41, 5.74) is 1.31. The number of carbonyl (C=O) groups excluding carboxylic acids is 1. The third-order valence-electron chi connectivity index (χ3n) is 4.35. The molecule has 0 aromatic heterocycles. The van der Waals surface area contributed by atoms with Gasteiger partial charge in [0.2, 0.25) is 5.91 Å². The molecule has 0 bridgehead atoms. The van der Waals surface area contributed by atoms with Crippen LogP contribution in [0.15, 0.2) is 48.5 Å². The summed E-state index contributed by atoms with van der Waals surface area (Å²) in [5, 5.41) is 0. The zero-order valence-electron chi connectivity index (χ0n) is 17.5. The Hall–Kier alpha value is -2.86. The fraction of sp³-hybridized carbons (Fsp3) is 0.348. The molecule has 0 spiro atoms. The molecule has 2 aromatic rings. The summed E-state index contributed by atoms with van der Waals surface area (Å²) >= 11 is 0. The maximum absolute atomic E-state index is 14.1. The van der Waals surface area contributed by atoms with Crippen LogP contribution in [0.5, 0.6) is 11.5 Å². The van der Waals surface area contributed by atoms with Crippen molar-refractivity contribution in [3.05, 3.63) is 65.5 Å². The van der Waals surface area contributed by atoms with Gasteiger partial charge in [-0.3, -0.25) is 4.79 Å². The molecule has 6 heteroatoms. The Morgan fingerprint density at radius 2 is 1.86 bits per heavy atom. The number of hydrogen-bond acceptors (Lipinski definition) is 4. The monoisotopic (exact) mass is 400 g/mol. The van der Waals surface area contributed by atoms with Crippen LogP contribution in [0.2, 0.25) is 0 Å². The summed E-state index contributed by atoms with van der Waals surface area (Å²) in [6.07, 6.45) is 3.23. The van der Waals surface area contributed by atoms with Gasteiger partial charge in [-0.05, 0) is 50.9 Å². The van der Waals surface area contributed by atoms with Crippen molar-refractivity contribution in [1.82, 2.24) is 9.80 Å². The molecule has 0 radical (unpaired) electrons. The highest BCUT2D eigenvalue weighted by Crippen LogP contribution is 2.28. The maximum Gasteiger partial charge on any atom is 0.246 e. The van der Waals surface area contributed by atoms with Crippen LogP contribution < -0.4 is 9.47 Å². The van der Waals surface area contributed by atoms with Crippen LogP contribution in [0.1, 0.15) is 18.1 Å². The smallest absolute Gasteiger partial charge is 0.246 e. The molecule has 0 atom stereocenters. The second kappa shape index (κ2) is 11.2. The lowest BCUT2D eigenvalue weighted by Gasteiger charge is -2.23. The van der Waals surface area contributed by atoms with Crippen LogP contribution in [-0.2, 0) is 11.3 Å². The maximum atomic E-state index is 14.1. The topological polar surface area (TPSA) is 42.0 Å². The highest BCUT2D eigenvalue weighted by Gasteiger charge is 2.14. The van der Waals surface area contributed by atoms with Gasteiger partial charge in [0.05, 0.1) is 13.7 Å². The number of methoxy groups -OCH3 is 1. The summed E-state index contributed by atoms with van der Waals surface area (Å²) in [7, 11) is 5.45. The van der Waals surface area contributed by atoms with Crippen molar-refractivity contribution in [2.75, 3.05) is 40.9 Å². The molecule has 0 aliphatic heterocycles. The predicted molar refractivity (Wildman–Crippen MR) is 114 cm³/mol. The van der Waals surface area contributed by atoms with E-state index in [1.807, 2.05) is 44.1 Å². The quantitative estimate of drug-likeness (QED) is 0.569. The largest absolute Gasteiger partial charge is 0.493 e.